The average molecular weight is 212 g/mol. The van der Waals surface area contributed by atoms with Gasteiger partial charge in [-0.2, -0.15) is 0 Å². The molecule has 1 N–H and O–H groups in total. The number of aliphatic hydroxyl groups is 1. The highest BCUT2D eigenvalue weighted by atomic mass is 16.6. The Labute approximate surface area is 89.4 Å². The molecule has 84 valence electrons. The Bertz CT molecular complexity index is 269. The molecule has 0 spiro atoms. The summed E-state index contributed by atoms with van der Waals surface area (Å²) in [5.41, 5.74) is 0. The second-order valence-electron chi connectivity index (χ2n) is 2.73. The fourth-order valence-electron chi connectivity index (χ4n) is 0.696. The third-order valence-electron chi connectivity index (χ3n) is 1.34. The van der Waals surface area contributed by atoms with E-state index < -0.39 is 6.29 Å². The number of esters is 1. The van der Waals surface area contributed by atoms with Crippen molar-refractivity contribution in [3.8, 4) is 5.75 Å². The predicted molar refractivity (Wildman–Crippen MR) is 56.4 cm³/mol. The van der Waals surface area contributed by atoms with Crippen molar-refractivity contribution in [3.63, 3.8) is 0 Å². The summed E-state index contributed by atoms with van der Waals surface area (Å²) in [6.45, 7) is 2.94. The fraction of sp³-hybridized carbons (Fsp3) is 0.364. The van der Waals surface area contributed by atoms with Gasteiger partial charge in [0, 0.05) is 6.92 Å². The van der Waals surface area contributed by atoms with Crippen molar-refractivity contribution in [2.75, 3.05) is 7.11 Å². The first-order chi connectivity index (χ1) is 7.06. The predicted octanol–water partition coefficient (Wildman–Crippen LogP) is 1.58. The normalized spacial score (nSPS) is 10.7. The molecule has 1 atom stereocenters. The monoisotopic (exact) mass is 212 g/mol. The number of carbonyl (C=O) groups excluding carboxylic acids is 1. The molecule has 0 saturated carbocycles. The van der Waals surface area contributed by atoms with Gasteiger partial charge in [0.05, 0.1) is 7.11 Å². The van der Waals surface area contributed by atoms with E-state index in [9.17, 15) is 4.79 Å². The number of methoxy groups -OCH3 is 1. The first kappa shape index (κ1) is 13.4. The van der Waals surface area contributed by atoms with E-state index >= 15 is 0 Å². The minimum absolute atomic E-state index is 0.245. The molecule has 0 amide bonds. The minimum atomic E-state index is -0.734. The number of para-hydroxylation sites is 1. The molecule has 0 radical (unpaired) electrons. The van der Waals surface area contributed by atoms with Gasteiger partial charge in [-0.25, -0.2) is 0 Å². The number of rotatable bonds is 2. The lowest BCUT2D eigenvalue weighted by molar-refractivity contribution is -0.137. The van der Waals surface area contributed by atoms with E-state index in [-0.39, 0.29) is 5.97 Å². The molecule has 0 aromatic heterocycles. The standard InChI is InChI=1S/C8H10O2.C3H6O2/c1-7(9)10-8-5-3-2-4-6-8;1-3(4)5-2/h2-7,9H,1H3;1-2H3. The second-order valence-corrected chi connectivity index (χ2v) is 2.73. The molecule has 0 aliphatic heterocycles. The van der Waals surface area contributed by atoms with E-state index in [1.54, 1.807) is 19.1 Å². The summed E-state index contributed by atoms with van der Waals surface area (Å²) in [5, 5.41) is 8.78. The zero-order valence-corrected chi connectivity index (χ0v) is 9.14. The molecule has 0 saturated heterocycles. The first-order valence-corrected chi connectivity index (χ1v) is 4.50. The number of carbonyl (C=O) groups is 1. The number of benzene rings is 1. The van der Waals surface area contributed by atoms with Gasteiger partial charge >= 0.3 is 5.97 Å². The van der Waals surface area contributed by atoms with Gasteiger partial charge in [0.25, 0.3) is 0 Å². The Morgan fingerprint density at radius 1 is 1.33 bits per heavy atom. The molecule has 1 unspecified atom stereocenters. The van der Waals surface area contributed by atoms with Gasteiger partial charge in [0.2, 0.25) is 0 Å². The summed E-state index contributed by atoms with van der Waals surface area (Å²) in [6, 6.07) is 9.21. The Morgan fingerprint density at radius 2 is 1.80 bits per heavy atom. The van der Waals surface area contributed by atoms with Crippen LogP contribution in [0.2, 0.25) is 0 Å². The molecule has 1 aromatic carbocycles. The molecule has 0 bridgehead atoms. The van der Waals surface area contributed by atoms with E-state index in [1.807, 2.05) is 18.2 Å². The molecule has 0 aliphatic rings. The number of aliphatic hydroxyl groups excluding tert-OH is 1. The van der Waals surface area contributed by atoms with E-state index in [4.69, 9.17) is 9.84 Å². The van der Waals surface area contributed by atoms with Crippen molar-refractivity contribution in [2.45, 2.75) is 20.1 Å². The SMILES string of the molecule is CC(O)Oc1ccccc1.COC(C)=O. The van der Waals surface area contributed by atoms with Crippen molar-refractivity contribution >= 4 is 5.97 Å². The van der Waals surface area contributed by atoms with Crippen LogP contribution in [0.5, 0.6) is 5.75 Å². The zero-order valence-electron chi connectivity index (χ0n) is 9.14. The van der Waals surface area contributed by atoms with Crippen LogP contribution in [-0.4, -0.2) is 24.5 Å². The highest BCUT2D eigenvalue weighted by molar-refractivity contribution is 5.65. The van der Waals surface area contributed by atoms with Crippen molar-refractivity contribution in [1.82, 2.24) is 0 Å². The second kappa shape index (κ2) is 7.82. The lowest BCUT2D eigenvalue weighted by Crippen LogP contribution is -2.08. The Balaban J connectivity index is 0.000000336. The van der Waals surface area contributed by atoms with Crippen molar-refractivity contribution < 1.29 is 19.4 Å². The van der Waals surface area contributed by atoms with Crippen LogP contribution in [0, 0.1) is 0 Å². The van der Waals surface area contributed by atoms with E-state index in [2.05, 4.69) is 4.74 Å². The number of hydrogen-bond acceptors (Lipinski definition) is 4. The number of hydrogen-bond donors (Lipinski definition) is 1. The van der Waals surface area contributed by atoms with Crippen LogP contribution in [-0.2, 0) is 9.53 Å². The molecule has 15 heavy (non-hydrogen) atoms. The van der Waals surface area contributed by atoms with Gasteiger partial charge in [-0.15, -0.1) is 0 Å². The molecule has 1 aromatic rings. The maximum Gasteiger partial charge on any atom is 0.302 e. The minimum Gasteiger partial charge on any atom is -0.469 e. The third kappa shape index (κ3) is 8.77. The Kier molecular flexibility index (Phi) is 7.01. The molecule has 4 heteroatoms. The van der Waals surface area contributed by atoms with Crippen LogP contribution >= 0.6 is 0 Å². The van der Waals surface area contributed by atoms with Crippen LogP contribution in [0.1, 0.15) is 13.8 Å². The molecule has 4 nitrogen and oxygen atoms in total. The third-order valence-corrected chi connectivity index (χ3v) is 1.34. The summed E-state index contributed by atoms with van der Waals surface area (Å²) in [7, 11) is 1.35. The fourth-order valence-corrected chi connectivity index (χ4v) is 0.696. The van der Waals surface area contributed by atoms with Gasteiger partial charge in [-0.05, 0) is 19.1 Å². The van der Waals surface area contributed by atoms with Crippen molar-refractivity contribution in [2.24, 2.45) is 0 Å². The molecule has 0 heterocycles. The average Bonchev–Trinajstić information content (AvgIpc) is 2.19. The van der Waals surface area contributed by atoms with E-state index in [0.29, 0.717) is 5.75 Å². The summed E-state index contributed by atoms with van der Waals surface area (Å²) in [4.78, 5) is 9.59. The maximum atomic E-state index is 9.59. The zero-order chi connectivity index (χ0) is 11.7. The largest absolute Gasteiger partial charge is 0.469 e. The summed E-state index contributed by atoms with van der Waals surface area (Å²) in [5.74, 6) is 0.447. The molecule has 1 rings (SSSR count). The maximum absolute atomic E-state index is 9.59. The Morgan fingerprint density at radius 3 is 2.13 bits per heavy atom. The van der Waals surface area contributed by atoms with Crippen molar-refractivity contribution in [3.05, 3.63) is 30.3 Å². The topological polar surface area (TPSA) is 55.8 Å². The lowest BCUT2D eigenvalue weighted by Gasteiger charge is -2.06. The van der Waals surface area contributed by atoms with Gasteiger partial charge < -0.3 is 14.6 Å². The van der Waals surface area contributed by atoms with E-state index in [1.165, 1.54) is 14.0 Å². The van der Waals surface area contributed by atoms with Crippen LogP contribution in [0.3, 0.4) is 0 Å². The number of ether oxygens (including phenoxy) is 2. The summed E-state index contributed by atoms with van der Waals surface area (Å²) >= 11 is 0. The van der Waals surface area contributed by atoms with Crippen LogP contribution in [0.15, 0.2) is 30.3 Å². The summed E-state index contributed by atoms with van der Waals surface area (Å²) < 4.78 is 9.08. The quantitative estimate of drug-likeness (QED) is 0.597. The van der Waals surface area contributed by atoms with Crippen molar-refractivity contribution in [1.29, 1.82) is 0 Å². The first-order valence-electron chi connectivity index (χ1n) is 4.50. The van der Waals surface area contributed by atoms with Crippen LogP contribution < -0.4 is 4.74 Å². The Hall–Kier alpha value is -1.55. The molecular formula is C11H16O4. The molecule has 0 fully saturated rings. The van der Waals surface area contributed by atoms with Gasteiger partial charge in [0.1, 0.15) is 5.75 Å². The van der Waals surface area contributed by atoms with Gasteiger partial charge in [-0.1, -0.05) is 18.2 Å². The smallest absolute Gasteiger partial charge is 0.302 e. The molecule has 0 aliphatic carbocycles. The highest BCUT2D eigenvalue weighted by Crippen LogP contribution is 2.09. The van der Waals surface area contributed by atoms with Crippen LogP contribution in [0.4, 0.5) is 0 Å². The molecular weight excluding hydrogens is 196 g/mol. The lowest BCUT2D eigenvalue weighted by atomic mass is 10.3. The van der Waals surface area contributed by atoms with Gasteiger partial charge in [-0.3, -0.25) is 4.79 Å². The summed E-state index contributed by atoms with van der Waals surface area (Å²) in [6.07, 6.45) is -0.734. The van der Waals surface area contributed by atoms with E-state index in [0.717, 1.165) is 0 Å². The highest BCUT2D eigenvalue weighted by Gasteiger charge is 1.94. The van der Waals surface area contributed by atoms with Crippen LogP contribution in [0.25, 0.3) is 0 Å². The van der Waals surface area contributed by atoms with Gasteiger partial charge in [0.15, 0.2) is 6.29 Å².